The average Bonchev–Trinajstić information content (AvgIpc) is 2.84. The van der Waals surface area contributed by atoms with Crippen molar-refractivity contribution < 1.29 is 18.7 Å². The number of hydrogen-bond donors (Lipinski definition) is 0. The van der Waals surface area contributed by atoms with E-state index < -0.39 is 11.7 Å². The summed E-state index contributed by atoms with van der Waals surface area (Å²) in [7, 11) is 1.41. The third-order valence-corrected chi connectivity index (χ3v) is 3.57. The lowest BCUT2D eigenvalue weighted by molar-refractivity contribution is -0.117. The van der Waals surface area contributed by atoms with Crippen LogP contribution >= 0.6 is 0 Å². The average molecular weight is 279 g/mol. The molecule has 1 aromatic rings. The molecule has 108 valence electrons. The number of carbonyl (C=O) groups is 2. The number of benzene rings is 1. The molecular formula is C15H18FNO3. The van der Waals surface area contributed by atoms with Crippen LogP contribution in [0.1, 0.15) is 36.5 Å². The fraction of sp³-hybridized carbons (Fsp3) is 0.467. The Balaban J connectivity index is 2.29. The van der Waals surface area contributed by atoms with E-state index in [1.165, 1.54) is 26.2 Å². The highest BCUT2D eigenvalue weighted by Crippen LogP contribution is 2.28. The number of nitrogens with zero attached hydrogens (tertiary/aromatic N) is 1. The first kappa shape index (κ1) is 14.5. The van der Waals surface area contributed by atoms with Gasteiger partial charge in [0.15, 0.2) is 0 Å². The monoisotopic (exact) mass is 279 g/mol. The maximum atomic E-state index is 13.9. The molecule has 1 atom stereocenters. The van der Waals surface area contributed by atoms with Crippen LogP contribution in [0.15, 0.2) is 18.2 Å². The zero-order valence-electron chi connectivity index (χ0n) is 11.7. The molecule has 1 fully saturated rings. The lowest BCUT2D eigenvalue weighted by Gasteiger charge is -2.25. The minimum Gasteiger partial charge on any atom is -0.496 e. The normalized spacial score (nSPS) is 18.1. The number of Topliss-reactive ketones (excluding diaryl/α,β-unsaturated/α-hetero) is 1. The Kier molecular flexibility index (Phi) is 4.37. The largest absolute Gasteiger partial charge is 0.496 e. The van der Waals surface area contributed by atoms with Crippen molar-refractivity contribution in [2.75, 3.05) is 13.7 Å². The van der Waals surface area contributed by atoms with Gasteiger partial charge in [0.2, 0.25) is 0 Å². The van der Waals surface area contributed by atoms with Gasteiger partial charge >= 0.3 is 0 Å². The van der Waals surface area contributed by atoms with Crippen molar-refractivity contribution >= 4 is 11.7 Å². The molecule has 5 heteroatoms. The summed E-state index contributed by atoms with van der Waals surface area (Å²) in [6.07, 6.45) is 1.94. The molecule has 20 heavy (non-hydrogen) atoms. The van der Waals surface area contributed by atoms with E-state index in [1.54, 1.807) is 11.0 Å². The highest BCUT2D eigenvalue weighted by molar-refractivity contribution is 5.97. The van der Waals surface area contributed by atoms with Gasteiger partial charge in [0, 0.05) is 19.0 Å². The molecule has 1 aliphatic heterocycles. The number of rotatable bonds is 4. The van der Waals surface area contributed by atoms with Crippen LogP contribution in [0.4, 0.5) is 4.39 Å². The first-order chi connectivity index (χ1) is 9.54. The second-order valence-corrected chi connectivity index (χ2v) is 5.02. The molecule has 4 nitrogen and oxygen atoms in total. The highest BCUT2D eigenvalue weighted by Gasteiger charge is 2.32. The van der Waals surface area contributed by atoms with E-state index in [2.05, 4.69) is 0 Å². The Hall–Kier alpha value is -1.91. The number of amides is 1. The maximum Gasteiger partial charge on any atom is 0.260 e. The van der Waals surface area contributed by atoms with Crippen molar-refractivity contribution in [1.82, 2.24) is 4.90 Å². The van der Waals surface area contributed by atoms with E-state index in [1.807, 2.05) is 0 Å². The summed E-state index contributed by atoms with van der Waals surface area (Å²) < 4.78 is 19.0. The molecule has 2 rings (SSSR count). The molecule has 0 N–H and O–H groups in total. The Morgan fingerprint density at radius 3 is 2.85 bits per heavy atom. The van der Waals surface area contributed by atoms with E-state index in [-0.39, 0.29) is 23.1 Å². The van der Waals surface area contributed by atoms with Crippen LogP contribution in [0.5, 0.6) is 5.75 Å². The van der Waals surface area contributed by atoms with Gasteiger partial charge in [0.1, 0.15) is 22.9 Å². The minimum absolute atomic E-state index is 0.0372. The van der Waals surface area contributed by atoms with Crippen LogP contribution in [0.2, 0.25) is 0 Å². The van der Waals surface area contributed by atoms with Crippen LogP contribution in [-0.4, -0.2) is 36.3 Å². The van der Waals surface area contributed by atoms with E-state index in [4.69, 9.17) is 4.74 Å². The number of ketones is 1. The third-order valence-electron chi connectivity index (χ3n) is 3.57. The molecule has 1 aromatic carbocycles. The molecular weight excluding hydrogens is 261 g/mol. The summed E-state index contributed by atoms with van der Waals surface area (Å²) in [5.41, 5.74) is -0.0505. The van der Waals surface area contributed by atoms with Crippen molar-refractivity contribution in [2.45, 2.75) is 32.2 Å². The molecule has 1 saturated heterocycles. The molecule has 1 unspecified atom stereocenters. The summed E-state index contributed by atoms with van der Waals surface area (Å²) in [5, 5.41) is 0. The summed E-state index contributed by atoms with van der Waals surface area (Å²) in [5.74, 6) is -0.731. The summed E-state index contributed by atoms with van der Waals surface area (Å²) in [6, 6.07) is 4.17. The van der Waals surface area contributed by atoms with Gasteiger partial charge in [-0.1, -0.05) is 6.07 Å². The number of likely N-dealkylation sites (tertiary alicyclic amines) is 1. The quantitative estimate of drug-likeness (QED) is 0.850. The Morgan fingerprint density at radius 2 is 2.20 bits per heavy atom. The first-order valence-corrected chi connectivity index (χ1v) is 6.67. The summed E-state index contributed by atoms with van der Waals surface area (Å²) in [4.78, 5) is 25.4. The van der Waals surface area contributed by atoms with Gasteiger partial charge in [-0.25, -0.2) is 4.39 Å². The SMILES string of the molecule is COc1cccc(F)c1C(=O)N1CCCC1CC(C)=O. The molecule has 1 amide bonds. The molecule has 1 heterocycles. The summed E-state index contributed by atoms with van der Waals surface area (Å²) >= 11 is 0. The second kappa shape index (κ2) is 6.03. The Labute approximate surface area is 117 Å². The minimum atomic E-state index is -0.595. The topological polar surface area (TPSA) is 46.6 Å². The molecule has 0 spiro atoms. The smallest absolute Gasteiger partial charge is 0.260 e. The number of methoxy groups -OCH3 is 1. The number of carbonyl (C=O) groups excluding carboxylic acids is 2. The van der Waals surface area contributed by atoms with Crippen molar-refractivity contribution in [3.63, 3.8) is 0 Å². The predicted molar refractivity (Wildman–Crippen MR) is 72.3 cm³/mol. The lowest BCUT2D eigenvalue weighted by atomic mass is 10.1. The second-order valence-electron chi connectivity index (χ2n) is 5.02. The molecule has 0 radical (unpaired) electrons. The lowest BCUT2D eigenvalue weighted by Crippen LogP contribution is -2.37. The maximum absolute atomic E-state index is 13.9. The van der Waals surface area contributed by atoms with Crippen molar-refractivity contribution in [1.29, 1.82) is 0 Å². The number of halogens is 1. The Bertz CT molecular complexity index is 530. The van der Waals surface area contributed by atoms with Gasteiger partial charge < -0.3 is 9.64 Å². The molecule has 0 aromatic heterocycles. The fourth-order valence-electron chi connectivity index (χ4n) is 2.67. The van der Waals surface area contributed by atoms with Gasteiger partial charge in [-0.2, -0.15) is 0 Å². The van der Waals surface area contributed by atoms with Crippen LogP contribution < -0.4 is 4.74 Å². The van der Waals surface area contributed by atoms with E-state index in [0.29, 0.717) is 13.0 Å². The van der Waals surface area contributed by atoms with Gasteiger partial charge in [-0.15, -0.1) is 0 Å². The van der Waals surface area contributed by atoms with Crippen LogP contribution in [0.3, 0.4) is 0 Å². The highest BCUT2D eigenvalue weighted by atomic mass is 19.1. The third kappa shape index (κ3) is 2.81. The molecule has 0 bridgehead atoms. The first-order valence-electron chi connectivity index (χ1n) is 6.67. The number of ether oxygens (including phenoxy) is 1. The molecule has 0 saturated carbocycles. The molecule has 0 aliphatic carbocycles. The molecule has 1 aliphatic rings. The van der Waals surface area contributed by atoms with E-state index in [9.17, 15) is 14.0 Å². The van der Waals surface area contributed by atoms with Crippen LogP contribution in [0, 0.1) is 5.82 Å². The van der Waals surface area contributed by atoms with E-state index in [0.717, 1.165) is 12.8 Å². The number of hydrogen-bond acceptors (Lipinski definition) is 3. The van der Waals surface area contributed by atoms with Gasteiger partial charge in [-0.05, 0) is 31.9 Å². The van der Waals surface area contributed by atoms with Crippen molar-refractivity contribution in [3.8, 4) is 5.75 Å². The van der Waals surface area contributed by atoms with Gasteiger partial charge in [0.05, 0.1) is 7.11 Å². The van der Waals surface area contributed by atoms with Crippen molar-refractivity contribution in [3.05, 3.63) is 29.6 Å². The predicted octanol–water partition coefficient (Wildman–Crippen LogP) is 2.42. The Morgan fingerprint density at radius 1 is 1.45 bits per heavy atom. The van der Waals surface area contributed by atoms with Gasteiger partial charge in [0.25, 0.3) is 5.91 Å². The van der Waals surface area contributed by atoms with Gasteiger partial charge in [-0.3, -0.25) is 9.59 Å². The van der Waals surface area contributed by atoms with Crippen LogP contribution in [0.25, 0.3) is 0 Å². The summed E-state index contributed by atoms with van der Waals surface area (Å²) in [6.45, 7) is 2.05. The van der Waals surface area contributed by atoms with E-state index >= 15 is 0 Å². The zero-order chi connectivity index (χ0) is 14.7. The fourth-order valence-corrected chi connectivity index (χ4v) is 2.67. The van der Waals surface area contributed by atoms with Crippen LogP contribution in [-0.2, 0) is 4.79 Å². The van der Waals surface area contributed by atoms with Crippen molar-refractivity contribution in [2.24, 2.45) is 0 Å². The standard InChI is InChI=1S/C15H18FNO3/c1-10(18)9-11-5-4-8-17(11)15(19)14-12(16)6-3-7-13(14)20-2/h3,6-7,11H,4-5,8-9H2,1-2H3. The zero-order valence-corrected chi connectivity index (χ0v) is 11.7.